The van der Waals surface area contributed by atoms with Gasteiger partial charge in [-0.3, -0.25) is 0 Å². The van der Waals surface area contributed by atoms with Crippen LogP contribution in [0.15, 0.2) is 54.6 Å². The second-order valence-electron chi connectivity index (χ2n) is 4.78. The normalized spacial score (nSPS) is 12.3. The van der Waals surface area contributed by atoms with E-state index in [1.165, 1.54) is 11.3 Å². The average Bonchev–Trinajstić information content (AvgIpc) is 2.89. The van der Waals surface area contributed by atoms with Crippen molar-refractivity contribution in [2.75, 3.05) is 0 Å². The molecule has 0 saturated heterocycles. The van der Waals surface area contributed by atoms with E-state index in [0.717, 1.165) is 21.7 Å². The lowest BCUT2D eigenvalue weighted by molar-refractivity contribution is 0.220. The molecule has 0 aliphatic carbocycles. The van der Waals surface area contributed by atoms with E-state index in [2.05, 4.69) is 4.98 Å². The van der Waals surface area contributed by atoms with E-state index < -0.39 is 6.10 Å². The Morgan fingerprint density at radius 3 is 2.57 bits per heavy atom. The second kappa shape index (κ2) is 5.98. The highest BCUT2D eigenvalue weighted by Crippen LogP contribution is 2.33. The number of halogens is 1. The number of thiazole rings is 1. The molecule has 21 heavy (non-hydrogen) atoms. The summed E-state index contributed by atoms with van der Waals surface area (Å²) in [5.74, 6) is 0. The standard InChI is InChI=1S/C17H14ClNOS/c1-11-15(13-8-5-9-14(18)10-13)19-17(21-11)16(20)12-6-3-2-4-7-12/h2-10,16,20H,1H3. The van der Waals surface area contributed by atoms with Crippen LogP contribution < -0.4 is 0 Å². The summed E-state index contributed by atoms with van der Waals surface area (Å²) < 4.78 is 0. The van der Waals surface area contributed by atoms with Crippen molar-refractivity contribution in [3.8, 4) is 11.3 Å². The lowest BCUT2D eigenvalue weighted by Crippen LogP contribution is -1.98. The maximum absolute atomic E-state index is 10.5. The highest BCUT2D eigenvalue weighted by molar-refractivity contribution is 7.12. The fraction of sp³-hybridized carbons (Fsp3) is 0.118. The van der Waals surface area contributed by atoms with Crippen molar-refractivity contribution in [3.05, 3.63) is 75.1 Å². The summed E-state index contributed by atoms with van der Waals surface area (Å²) in [6, 6.07) is 17.2. The molecule has 4 heteroatoms. The Morgan fingerprint density at radius 2 is 1.86 bits per heavy atom. The van der Waals surface area contributed by atoms with Crippen LogP contribution in [0.1, 0.15) is 21.6 Å². The molecule has 0 bridgehead atoms. The van der Waals surface area contributed by atoms with E-state index >= 15 is 0 Å². The van der Waals surface area contributed by atoms with Gasteiger partial charge in [0.25, 0.3) is 0 Å². The van der Waals surface area contributed by atoms with Crippen LogP contribution in [0.5, 0.6) is 0 Å². The largest absolute Gasteiger partial charge is 0.381 e. The number of aliphatic hydroxyl groups is 1. The van der Waals surface area contributed by atoms with Crippen LogP contribution in [0, 0.1) is 6.92 Å². The fourth-order valence-electron chi connectivity index (χ4n) is 2.22. The predicted molar refractivity (Wildman–Crippen MR) is 87.8 cm³/mol. The van der Waals surface area contributed by atoms with Gasteiger partial charge < -0.3 is 5.11 Å². The minimum Gasteiger partial charge on any atom is -0.381 e. The smallest absolute Gasteiger partial charge is 0.131 e. The van der Waals surface area contributed by atoms with Crippen molar-refractivity contribution in [2.45, 2.75) is 13.0 Å². The van der Waals surface area contributed by atoms with Crippen molar-refractivity contribution >= 4 is 22.9 Å². The van der Waals surface area contributed by atoms with Crippen LogP contribution >= 0.6 is 22.9 Å². The molecule has 1 heterocycles. The Labute approximate surface area is 132 Å². The van der Waals surface area contributed by atoms with Crippen molar-refractivity contribution in [1.29, 1.82) is 0 Å². The van der Waals surface area contributed by atoms with Crippen LogP contribution in [0.2, 0.25) is 5.02 Å². The van der Waals surface area contributed by atoms with Crippen LogP contribution in [-0.4, -0.2) is 10.1 Å². The van der Waals surface area contributed by atoms with Crippen molar-refractivity contribution in [2.24, 2.45) is 0 Å². The molecule has 1 aromatic heterocycles. The lowest BCUT2D eigenvalue weighted by Gasteiger charge is -2.06. The van der Waals surface area contributed by atoms with Gasteiger partial charge >= 0.3 is 0 Å². The Hall–Kier alpha value is -1.68. The molecule has 0 radical (unpaired) electrons. The summed E-state index contributed by atoms with van der Waals surface area (Å²) in [4.78, 5) is 5.68. The minimum atomic E-state index is -0.692. The van der Waals surface area contributed by atoms with Crippen LogP contribution in [0.4, 0.5) is 0 Å². The Bertz CT molecular complexity index is 754. The van der Waals surface area contributed by atoms with Crippen molar-refractivity contribution in [3.63, 3.8) is 0 Å². The Kier molecular flexibility index (Phi) is 4.06. The molecule has 3 rings (SSSR count). The van der Waals surface area contributed by atoms with Gasteiger partial charge in [-0.25, -0.2) is 4.98 Å². The van der Waals surface area contributed by atoms with Gasteiger partial charge in [0.05, 0.1) is 5.69 Å². The quantitative estimate of drug-likeness (QED) is 0.749. The first-order valence-corrected chi connectivity index (χ1v) is 7.81. The highest BCUT2D eigenvalue weighted by Gasteiger charge is 2.17. The number of hydrogen-bond donors (Lipinski definition) is 1. The fourth-order valence-corrected chi connectivity index (χ4v) is 3.36. The van der Waals surface area contributed by atoms with Gasteiger partial charge in [0.2, 0.25) is 0 Å². The third-order valence-electron chi connectivity index (χ3n) is 3.26. The molecule has 0 saturated carbocycles. The first kappa shape index (κ1) is 14.3. The first-order chi connectivity index (χ1) is 10.1. The molecule has 2 aromatic carbocycles. The number of aromatic nitrogens is 1. The molecule has 3 aromatic rings. The molecule has 0 aliphatic heterocycles. The molecule has 1 unspecified atom stereocenters. The number of aliphatic hydroxyl groups excluding tert-OH is 1. The van der Waals surface area contributed by atoms with Crippen molar-refractivity contribution < 1.29 is 5.11 Å². The van der Waals surface area contributed by atoms with Crippen LogP contribution in [0.3, 0.4) is 0 Å². The number of aryl methyl sites for hydroxylation is 1. The zero-order valence-electron chi connectivity index (χ0n) is 11.5. The van der Waals surface area contributed by atoms with E-state index in [4.69, 9.17) is 11.6 Å². The highest BCUT2D eigenvalue weighted by atomic mass is 35.5. The Morgan fingerprint density at radius 1 is 1.10 bits per heavy atom. The summed E-state index contributed by atoms with van der Waals surface area (Å²) in [7, 11) is 0. The number of nitrogens with zero attached hydrogens (tertiary/aromatic N) is 1. The summed E-state index contributed by atoms with van der Waals surface area (Å²) in [5, 5.41) is 11.8. The zero-order valence-corrected chi connectivity index (χ0v) is 13.0. The van der Waals surface area contributed by atoms with Gasteiger partial charge in [0.1, 0.15) is 11.1 Å². The minimum absolute atomic E-state index is 0.685. The van der Waals surface area contributed by atoms with E-state index in [-0.39, 0.29) is 0 Å². The SMILES string of the molecule is Cc1sc(C(O)c2ccccc2)nc1-c1cccc(Cl)c1. The maximum Gasteiger partial charge on any atom is 0.131 e. The number of benzene rings is 2. The Balaban J connectivity index is 1.98. The van der Waals surface area contributed by atoms with E-state index in [9.17, 15) is 5.11 Å². The summed E-state index contributed by atoms with van der Waals surface area (Å²) in [6.45, 7) is 2.01. The third-order valence-corrected chi connectivity index (χ3v) is 4.52. The number of hydrogen-bond acceptors (Lipinski definition) is 3. The van der Waals surface area contributed by atoms with Gasteiger partial charge in [-0.2, -0.15) is 0 Å². The van der Waals surface area contributed by atoms with Crippen LogP contribution in [-0.2, 0) is 0 Å². The molecular weight excluding hydrogens is 302 g/mol. The molecule has 106 valence electrons. The van der Waals surface area contributed by atoms with Gasteiger partial charge in [-0.15, -0.1) is 11.3 Å². The predicted octanol–water partition coefficient (Wildman–Crippen LogP) is 4.85. The van der Waals surface area contributed by atoms with E-state index in [1.807, 2.05) is 61.5 Å². The molecule has 0 amide bonds. The van der Waals surface area contributed by atoms with Crippen LogP contribution in [0.25, 0.3) is 11.3 Å². The van der Waals surface area contributed by atoms with E-state index in [1.54, 1.807) is 0 Å². The van der Waals surface area contributed by atoms with Gasteiger partial charge in [0.15, 0.2) is 0 Å². The molecule has 0 spiro atoms. The summed E-state index contributed by atoms with van der Waals surface area (Å²) >= 11 is 7.55. The van der Waals surface area contributed by atoms with Gasteiger partial charge in [-0.1, -0.05) is 54.1 Å². The number of rotatable bonds is 3. The summed E-state index contributed by atoms with van der Waals surface area (Å²) in [6.07, 6.45) is -0.692. The average molecular weight is 316 g/mol. The third kappa shape index (κ3) is 3.00. The first-order valence-electron chi connectivity index (χ1n) is 6.61. The van der Waals surface area contributed by atoms with Gasteiger partial charge in [0, 0.05) is 15.5 Å². The molecule has 0 aliphatic rings. The lowest BCUT2D eigenvalue weighted by atomic mass is 10.1. The molecule has 0 fully saturated rings. The molecular formula is C17H14ClNOS. The second-order valence-corrected chi connectivity index (χ2v) is 6.45. The summed E-state index contributed by atoms with van der Waals surface area (Å²) in [5.41, 5.74) is 2.71. The zero-order chi connectivity index (χ0) is 14.8. The van der Waals surface area contributed by atoms with Gasteiger partial charge in [-0.05, 0) is 24.6 Å². The molecule has 1 atom stereocenters. The monoisotopic (exact) mass is 315 g/mol. The van der Waals surface area contributed by atoms with Crippen molar-refractivity contribution in [1.82, 2.24) is 4.98 Å². The maximum atomic E-state index is 10.5. The van der Waals surface area contributed by atoms with E-state index in [0.29, 0.717) is 10.0 Å². The molecule has 1 N–H and O–H groups in total. The topological polar surface area (TPSA) is 33.1 Å². The molecule has 2 nitrogen and oxygen atoms in total.